The summed E-state index contributed by atoms with van der Waals surface area (Å²) in [4.78, 5) is 31.0. The van der Waals surface area contributed by atoms with Crippen LogP contribution < -0.4 is 4.72 Å². The number of carbonyl (C=O) groups is 2. The van der Waals surface area contributed by atoms with E-state index in [0.29, 0.717) is 5.56 Å². The van der Waals surface area contributed by atoms with Crippen LogP contribution in [0.2, 0.25) is 5.02 Å². The zero-order chi connectivity index (χ0) is 24.8. The van der Waals surface area contributed by atoms with E-state index in [4.69, 9.17) is 11.6 Å². The number of rotatable bonds is 5. The molecule has 34 heavy (non-hydrogen) atoms. The summed E-state index contributed by atoms with van der Waals surface area (Å²) < 4.78 is 28.5. The van der Waals surface area contributed by atoms with Gasteiger partial charge in [0, 0.05) is 6.20 Å². The Morgan fingerprint density at radius 3 is 2.26 bits per heavy atom. The number of nitrogens with zero attached hydrogens (tertiary/aromatic N) is 2. The predicted molar refractivity (Wildman–Crippen MR) is 128 cm³/mol. The summed E-state index contributed by atoms with van der Waals surface area (Å²) in [6, 6.07) is 10.6. The monoisotopic (exact) mass is 499 g/mol. The fourth-order valence-corrected chi connectivity index (χ4v) is 4.99. The van der Waals surface area contributed by atoms with Gasteiger partial charge in [-0.2, -0.15) is 0 Å². The molecule has 2 aromatic carbocycles. The molecule has 0 bridgehead atoms. The number of amides is 2. The lowest BCUT2D eigenvalue weighted by molar-refractivity contribution is 0.0642. The van der Waals surface area contributed by atoms with Crippen molar-refractivity contribution in [1.82, 2.24) is 9.88 Å². The largest absolute Gasteiger partial charge is 0.506 e. The minimum absolute atomic E-state index is 0.0173. The van der Waals surface area contributed by atoms with E-state index in [1.165, 1.54) is 42.7 Å². The minimum atomic E-state index is -4.05. The summed E-state index contributed by atoms with van der Waals surface area (Å²) >= 11 is 6.21. The lowest BCUT2D eigenvalue weighted by Crippen LogP contribution is -2.29. The Labute approximate surface area is 202 Å². The molecule has 2 heterocycles. The Morgan fingerprint density at radius 2 is 1.65 bits per heavy atom. The molecule has 1 aromatic heterocycles. The van der Waals surface area contributed by atoms with Crippen LogP contribution in [0.15, 0.2) is 59.8 Å². The molecule has 8 nitrogen and oxygen atoms in total. The molecule has 0 aliphatic carbocycles. The number of nitrogens with one attached hydrogen (secondary N) is 1. The van der Waals surface area contributed by atoms with Gasteiger partial charge in [0.15, 0.2) is 0 Å². The van der Waals surface area contributed by atoms with Gasteiger partial charge in [-0.25, -0.2) is 8.42 Å². The molecule has 0 saturated heterocycles. The Kier molecular flexibility index (Phi) is 5.87. The average Bonchev–Trinajstić information content (AvgIpc) is 3.01. The van der Waals surface area contributed by atoms with Crippen molar-refractivity contribution in [1.29, 1.82) is 0 Å². The summed E-state index contributed by atoms with van der Waals surface area (Å²) in [5.74, 6) is -1.48. The van der Waals surface area contributed by atoms with E-state index in [1.54, 1.807) is 12.1 Å². The molecule has 176 valence electrons. The van der Waals surface area contributed by atoms with E-state index in [0.717, 1.165) is 10.5 Å². The molecule has 0 spiro atoms. The van der Waals surface area contributed by atoms with Crippen LogP contribution in [0.1, 0.15) is 52.6 Å². The number of fused-ring (bicyclic) bond motifs is 1. The first kappa shape index (κ1) is 23.7. The summed E-state index contributed by atoms with van der Waals surface area (Å²) in [5, 5.41) is 9.66. The van der Waals surface area contributed by atoms with Gasteiger partial charge in [-0.1, -0.05) is 44.5 Å². The van der Waals surface area contributed by atoms with Crippen molar-refractivity contribution < 1.29 is 23.1 Å². The van der Waals surface area contributed by atoms with Gasteiger partial charge >= 0.3 is 0 Å². The maximum absolute atomic E-state index is 13.2. The van der Waals surface area contributed by atoms with E-state index in [2.05, 4.69) is 9.71 Å². The Hall–Kier alpha value is -3.43. The first-order chi connectivity index (χ1) is 15.9. The third-order valence-corrected chi connectivity index (χ3v) is 7.17. The Morgan fingerprint density at radius 1 is 1.00 bits per heavy atom. The van der Waals surface area contributed by atoms with Gasteiger partial charge in [0.05, 0.1) is 39.5 Å². The quantitative estimate of drug-likeness (QED) is 0.504. The second-order valence-electron chi connectivity index (χ2n) is 8.97. The first-order valence-corrected chi connectivity index (χ1v) is 12.2. The average molecular weight is 500 g/mol. The highest BCUT2D eigenvalue weighted by Gasteiger charge is 2.40. The second kappa shape index (κ2) is 8.41. The molecule has 0 unspecified atom stereocenters. The highest BCUT2D eigenvalue weighted by atomic mass is 35.5. The van der Waals surface area contributed by atoms with Gasteiger partial charge in [-0.3, -0.25) is 24.2 Å². The summed E-state index contributed by atoms with van der Waals surface area (Å²) in [6.07, 6.45) is 2.64. The van der Waals surface area contributed by atoms with Crippen LogP contribution in [-0.4, -0.2) is 35.2 Å². The Bertz CT molecular complexity index is 1410. The number of halogens is 1. The van der Waals surface area contributed by atoms with Gasteiger partial charge < -0.3 is 5.11 Å². The molecule has 1 aliphatic rings. The highest BCUT2D eigenvalue weighted by molar-refractivity contribution is 7.92. The third kappa shape index (κ3) is 4.36. The molecule has 0 saturated carbocycles. The van der Waals surface area contributed by atoms with Crippen LogP contribution in [0, 0.1) is 0 Å². The smallest absolute Gasteiger partial charge is 0.264 e. The molecule has 10 heteroatoms. The van der Waals surface area contributed by atoms with Crippen molar-refractivity contribution in [2.75, 3.05) is 4.72 Å². The highest BCUT2D eigenvalue weighted by Crippen LogP contribution is 2.36. The van der Waals surface area contributed by atoms with E-state index in [-0.39, 0.29) is 44.4 Å². The number of benzene rings is 2. The summed E-state index contributed by atoms with van der Waals surface area (Å²) in [6.45, 7) is 5.90. The van der Waals surface area contributed by atoms with Crippen LogP contribution in [0.25, 0.3) is 0 Å². The van der Waals surface area contributed by atoms with E-state index < -0.39 is 21.8 Å². The molecule has 1 aliphatic heterocycles. The zero-order valence-electron chi connectivity index (χ0n) is 18.7. The first-order valence-electron chi connectivity index (χ1n) is 10.3. The molecular formula is C24H22ClN3O5S. The molecule has 0 fully saturated rings. The number of aromatic nitrogens is 1. The molecule has 0 atom stereocenters. The molecule has 4 rings (SSSR count). The number of sulfonamides is 1. The standard InChI is InChI=1S/C24H22ClN3O5S/c1-24(2,3)15-4-6-17(7-5-15)34(32,33)27-19-9-8-18(25)20-21(19)23(31)28(22(20)30)13-14-10-16(29)12-26-11-14/h4-12,27,29H,13H2,1-3H3. The van der Waals surface area contributed by atoms with Gasteiger partial charge in [0.25, 0.3) is 21.8 Å². The van der Waals surface area contributed by atoms with Crippen molar-refractivity contribution in [3.05, 3.63) is 82.1 Å². The van der Waals surface area contributed by atoms with Gasteiger partial charge in [0.2, 0.25) is 0 Å². The fraction of sp³-hybridized carbons (Fsp3) is 0.208. The van der Waals surface area contributed by atoms with Gasteiger partial charge in [-0.15, -0.1) is 0 Å². The SMILES string of the molecule is CC(C)(C)c1ccc(S(=O)(=O)Nc2ccc(Cl)c3c2C(=O)N(Cc2cncc(O)c2)C3=O)cc1. The number of anilines is 1. The molecular weight excluding hydrogens is 478 g/mol. The van der Waals surface area contributed by atoms with E-state index in [1.807, 2.05) is 20.8 Å². The maximum atomic E-state index is 13.2. The molecule has 0 radical (unpaired) electrons. The van der Waals surface area contributed by atoms with Crippen molar-refractivity contribution in [2.24, 2.45) is 0 Å². The second-order valence-corrected chi connectivity index (χ2v) is 11.1. The molecule has 3 aromatic rings. The van der Waals surface area contributed by atoms with Crippen LogP contribution in [-0.2, 0) is 22.0 Å². The lowest BCUT2D eigenvalue weighted by atomic mass is 9.87. The van der Waals surface area contributed by atoms with E-state index >= 15 is 0 Å². The third-order valence-electron chi connectivity index (χ3n) is 5.47. The van der Waals surface area contributed by atoms with E-state index in [9.17, 15) is 23.1 Å². The minimum Gasteiger partial charge on any atom is -0.506 e. The lowest BCUT2D eigenvalue weighted by Gasteiger charge is -2.19. The summed E-state index contributed by atoms with van der Waals surface area (Å²) in [7, 11) is -4.05. The zero-order valence-corrected chi connectivity index (χ0v) is 20.2. The Balaban J connectivity index is 1.68. The number of pyridine rings is 1. The maximum Gasteiger partial charge on any atom is 0.264 e. The van der Waals surface area contributed by atoms with Crippen LogP contribution in [0.3, 0.4) is 0 Å². The van der Waals surface area contributed by atoms with Crippen LogP contribution in [0.5, 0.6) is 5.75 Å². The molecule has 2 amide bonds. The molecule has 2 N–H and O–H groups in total. The normalized spacial score (nSPS) is 13.8. The fourth-order valence-electron chi connectivity index (χ4n) is 3.68. The number of aromatic hydroxyl groups is 1. The van der Waals surface area contributed by atoms with Crippen LogP contribution >= 0.6 is 11.6 Å². The van der Waals surface area contributed by atoms with Crippen LogP contribution in [0.4, 0.5) is 5.69 Å². The van der Waals surface area contributed by atoms with Crippen molar-refractivity contribution in [3.63, 3.8) is 0 Å². The van der Waals surface area contributed by atoms with Crippen molar-refractivity contribution in [3.8, 4) is 5.75 Å². The van der Waals surface area contributed by atoms with Crippen molar-refractivity contribution >= 4 is 39.1 Å². The predicted octanol–water partition coefficient (Wildman–Crippen LogP) is 4.34. The number of imide groups is 1. The topological polar surface area (TPSA) is 117 Å². The number of hydrogen-bond acceptors (Lipinski definition) is 6. The number of hydrogen-bond donors (Lipinski definition) is 2. The number of carbonyl (C=O) groups excluding carboxylic acids is 2. The van der Waals surface area contributed by atoms with Gasteiger partial charge in [-0.05, 0) is 46.9 Å². The van der Waals surface area contributed by atoms with Gasteiger partial charge in [0.1, 0.15) is 5.75 Å². The van der Waals surface area contributed by atoms with Crippen molar-refractivity contribution in [2.45, 2.75) is 37.6 Å². The summed E-state index contributed by atoms with van der Waals surface area (Å²) in [5.41, 5.74) is 0.995.